The van der Waals surface area contributed by atoms with Gasteiger partial charge >= 0.3 is 0 Å². The van der Waals surface area contributed by atoms with Crippen LogP contribution in [0.3, 0.4) is 0 Å². The van der Waals surface area contributed by atoms with Crippen LogP contribution in [0.25, 0.3) is 0 Å². The molecule has 0 unspecified atom stereocenters. The van der Waals surface area contributed by atoms with Gasteiger partial charge in [0.15, 0.2) is 22.9 Å². The Morgan fingerprint density at radius 1 is 0.855 bits per heavy atom. The summed E-state index contributed by atoms with van der Waals surface area (Å²) in [4.78, 5) is 0. The molecule has 2 heterocycles. The summed E-state index contributed by atoms with van der Waals surface area (Å²) in [5, 5.41) is 11.4. The smallest absolute Gasteiger partial charge is 0.192 e. The normalized spacial score (nSPS) is 26.6. The number of benzene rings is 2. The maximum Gasteiger partial charge on any atom is 0.192 e. The molecule has 4 rings (SSSR count). The molecule has 9 heteroatoms. The van der Waals surface area contributed by atoms with E-state index >= 15 is 0 Å². The molecule has 0 spiro atoms. The van der Waals surface area contributed by atoms with Gasteiger partial charge in [-0.05, 0) is 86.3 Å². The van der Waals surface area contributed by atoms with Gasteiger partial charge in [-0.25, -0.2) is 0 Å². The zero-order chi connectivity index (χ0) is 40.7. The molecule has 2 fully saturated rings. The molecule has 1 N–H and O–H groups in total. The van der Waals surface area contributed by atoms with Gasteiger partial charge in [0.05, 0.1) is 43.2 Å². The summed E-state index contributed by atoms with van der Waals surface area (Å²) in [7, 11) is -4.39. The largest absolute Gasteiger partial charge is 0.410 e. The molecule has 7 nitrogen and oxygen atoms in total. The summed E-state index contributed by atoms with van der Waals surface area (Å²) >= 11 is 0. The SMILES string of the molecule is C[C@H](C/C=C\[C@H](C[C@@H]1O[C@@H]2CO[C@@H](c3ccccc3)O[C@H]2CC[C@@]1(C)O[Si](C)(C)C(C)(C)C)O[Si](C)(C)C(C)(C)C)[C@H](O)[C@@H](C)CCOCc1ccccc1. The summed E-state index contributed by atoms with van der Waals surface area (Å²) in [5.41, 5.74) is 1.65. The van der Waals surface area contributed by atoms with Crippen molar-refractivity contribution >= 4 is 16.6 Å². The van der Waals surface area contributed by atoms with Crippen LogP contribution in [0, 0.1) is 11.8 Å². The van der Waals surface area contributed by atoms with E-state index < -0.39 is 34.6 Å². The van der Waals surface area contributed by atoms with Gasteiger partial charge in [-0.3, -0.25) is 0 Å². The van der Waals surface area contributed by atoms with E-state index in [2.05, 4.69) is 125 Å². The number of aliphatic hydroxyl groups is 1. The molecule has 55 heavy (non-hydrogen) atoms. The summed E-state index contributed by atoms with van der Waals surface area (Å²) in [6, 6.07) is 20.4. The van der Waals surface area contributed by atoms with Crippen LogP contribution in [0.15, 0.2) is 72.8 Å². The van der Waals surface area contributed by atoms with Crippen LogP contribution in [-0.2, 0) is 34.4 Å². The minimum atomic E-state index is -2.20. The fourth-order valence-electron chi connectivity index (χ4n) is 7.13. The van der Waals surface area contributed by atoms with Gasteiger partial charge in [0, 0.05) is 18.6 Å². The number of fused-ring (bicyclic) bond motifs is 1. The lowest BCUT2D eigenvalue weighted by Crippen LogP contribution is -2.55. The maximum absolute atomic E-state index is 11.3. The van der Waals surface area contributed by atoms with Gasteiger partial charge in [0.25, 0.3) is 0 Å². The Labute approximate surface area is 337 Å². The predicted octanol–water partition coefficient (Wildman–Crippen LogP) is 11.4. The molecule has 2 aromatic carbocycles. The quantitative estimate of drug-likeness (QED) is 0.0970. The Bertz CT molecular complexity index is 1450. The molecular formula is C46H76O7Si2. The standard InChI is InChI=1S/C46H76O7Si2/c1-34(42(47)35(2)28-30-48-32-36-22-16-14-17-23-36)21-20-26-38(52-54(10,11)44(3,4)5)31-41-46(9,53-55(12,13)45(6,7)8)29-27-39-40(50-41)33-49-43(51-39)37-24-18-15-19-25-37/h14-20,22-26,34-35,38-43,47H,21,27-33H2,1-13H3/b26-20-/t34-,35+,38-,39+,40-,41+,42+,43-,46-/m1/s1. The highest BCUT2D eigenvalue weighted by Gasteiger charge is 2.51. The van der Waals surface area contributed by atoms with Crippen LogP contribution in [0.5, 0.6) is 0 Å². The molecule has 0 aromatic heterocycles. The molecule has 0 radical (unpaired) electrons. The summed E-state index contributed by atoms with van der Waals surface area (Å²) in [6.45, 7) is 31.3. The van der Waals surface area contributed by atoms with Gasteiger partial charge in [0.1, 0.15) is 6.10 Å². The zero-order valence-corrected chi connectivity index (χ0v) is 38.6. The maximum atomic E-state index is 11.3. The number of hydrogen-bond acceptors (Lipinski definition) is 7. The number of rotatable bonds is 17. The van der Waals surface area contributed by atoms with Crippen molar-refractivity contribution in [2.24, 2.45) is 11.8 Å². The van der Waals surface area contributed by atoms with Crippen molar-refractivity contribution in [3.8, 4) is 0 Å². The molecule has 9 atom stereocenters. The Morgan fingerprint density at radius 3 is 2.09 bits per heavy atom. The third kappa shape index (κ3) is 12.9. The van der Waals surface area contributed by atoms with Gasteiger partial charge in [-0.15, -0.1) is 0 Å². The van der Waals surface area contributed by atoms with Gasteiger partial charge in [-0.2, -0.15) is 0 Å². The van der Waals surface area contributed by atoms with E-state index in [-0.39, 0.29) is 46.3 Å². The fourth-order valence-corrected chi connectivity index (χ4v) is 10.1. The van der Waals surface area contributed by atoms with Crippen molar-refractivity contribution < 1.29 is 32.9 Å². The monoisotopic (exact) mass is 797 g/mol. The van der Waals surface area contributed by atoms with E-state index in [1.54, 1.807) is 0 Å². The predicted molar refractivity (Wildman–Crippen MR) is 230 cm³/mol. The van der Waals surface area contributed by atoms with Crippen molar-refractivity contribution in [2.75, 3.05) is 13.2 Å². The fraction of sp³-hybridized carbons (Fsp3) is 0.696. The molecule has 2 aliphatic heterocycles. The zero-order valence-electron chi connectivity index (χ0n) is 36.6. The molecule has 0 saturated carbocycles. The van der Waals surface area contributed by atoms with E-state index in [0.717, 1.165) is 31.2 Å². The molecule has 310 valence electrons. The summed E-state index contributed by atoms with van der Waals surface area (Å²) < 4.78 is 40.7. The lowest BCUT2D eigenvalue weighted by molar-refractivity contribution is -0.273. The first-order valence-electron chi connectivity index (χ1n) is 20.9. The first-order valence-corrected chi connectivity index (χ1v) is 26.8. The minimum absolute atomic E-state index is 0.0362. The Kier molecular flexibility index (Phi) is 16.2. The Morgan fingerprint density at radius 2 is 1.47 bits per heavy atom. The van der Waals surface area contributed by atoms with Crippen LogP contribution < -0.4 is 0 Å². The lowest BCUT2D eigenvalue weighted by atomic mass is 9.88. The Hall–Kier alpha value is -1.67. The van der Waals surface area contributed by atoms with Crippen molar-refractivity contribution in [3.05, 3.63) is 83.9 Å². The first-order chi connectivity index (χ1) is 25.6. The molecule has 2 aliphatic rings. The van der Waals surface area contributed by atoms with Crippen molar-refractivity contribution in [1.82, 2.24) is 0 Å². The summed E-state index contributed by atoms with van der Waals surface area (Å²) in [5.74, 6) is 0.213. The van der Waals surface area contributed by atoms with Gasteiger partial charge in [-0.1, -0.05) is 128 Å². The van der Waals surface area contributed by atoms with E-state index in [1.807, 2.05) is 36.4 Å². The third-order valence-corrected chi connectivity index (χ3v) is 22.1. The molecule has 2 aromatic rings. The van der Waals surface area contributed by atoms with Gasteiger partial charge < -0.3 is 32.9 Å². The van der Waals surface area contributed by atoms with Crippen LogP contribution >= 0.6 is 0 Å². The highest BCUT2D eigenvalue weighted by Crippen LogP contribution is 2.46. The van der Waals surface area contributed by atoms with Crippen LogP contribution in [0.1, 0.15) is 112 Å². The number of aliphatic hydroxyl groups excluding tert-OH is 1. The molecule has 0 bridgehead atoms. The second-order valence-electron chi connectivity index (χ2n) is 19.7. The highest BCUT2D eigenvalue weighted by molar-refractivity contribution is 6.74. The average Bonchev–Trinajstić information content (AvgIpc) is 3.24. The van der Waals surface area contributed by atoms with Crippen LogP contribution in [0.2, 0.25) is 36.3 Å². The summed E-state index contributed by atoms with van der Waals surface area (Å²) in [6.07, 6.45) is 6.78. The van der Waals surface area contributed by atoms with Crippen LogP contribution in [0.4, 0.5) is 0 Å². The average molecular weight is 797 g/mol. The molecule has 2 saturated heterocycles. The lowest BCUT2D eigenvalue weighted by Gasteiger charge is -2.48. The van der Waals surface area contributed by atoms with E-state index in [0.29, 0.717) is 26.2 Å². The second kappa shape index (κ2) is 19.4. The molecule has 0 aliphatic carbocycles. The van der Waals surface area contributed by atoms with Crippen molar-refractivity contribution in [1.29, 1.82) is 0 Å². The minimum Gasteiger partial charge on any atom is -0.410 e. The van der Waals surface area contributed by atoms with Gasteiger partial charge in [0.2, 0.25) is 0 Å². The number of hydrogen-bond donors (Lipinski definition) is 1. The first kappa shape index (κ1) is 46.0. The van der Waals surface area contributed by atoms with Crippen LogP contribution in [-0.4, -0.2) is 71.1 Å². The second-order valence-corrected chi connectivity index (χ2v) is 29.2. The van der Waals surface area contributed by atoms with E-state index in [1.165, 1.54) is 5.56 Å². The molecule has 0 amide bonds. The number of ether oxygens (including phenoxy) is 4. The van der Waals surface area contributed by atoms with Crippen molar-refractivity contribution in [3.63, 3.8) is 0 Å². The number of allylic oxidation sites excluding steroid dienone is 1. The van der Waals surface area contributed by atoms with E-state index in [4.69, 9.17) is 27.8 Å². The topological polar surface area (TPSA) is 75.6 Å². The van der Waals surface area contributed by atoms with E-state index in [9.17, 15) is 5.11 Å². The Balaban J connectivity index is 1.52. The van der Waals surface area contributed by atoms with Crippen molar-refractivity contribution in [2.45, 2.75) is 180 Å². The highest BCUT2D eigenvalue weighted by atomic mass is 28.4. The molecular weight excluding hydrogens is 721 g/mol. The third-order valence-electron chi connectivity index (χ3n) is 13.0.